The highest BCUT2D eigenvalue weighted by atomic mass is 32.2. The van der Waals surface area contributed by atoms with Crippen LogP contribution in [0.15, 0.2) is 69.9 Å². The van der Waals surface area contributed by atoms with Crippen molar-refractivity contribution in [1.29, 1.82) is 0 Å². The van der Waals surface area contributed by atoms with Crippen LogP contribution in [0.1, 0.15) is 11.1 Å². The van der Waals surface area contributed by atoms with Gasteiger partial charge in [-0.25, -0.2) is 13.1 Å². The monoisotopic (exact) mass is 677 g/mol. The highest BCUT2D eigenvalue weighted by Crippen LogP contribution is 2.34. The number of rotatable bonds is 7. The van der Waals surface area contributed by atoms with Crippen molar-refractivity contribution in [3.63, 3.8) is 0 Å². The number of hydrogen-bond donors (Lipinski definition) is 1. The number of aryl methyl sites for hydroxylation is 1. The first-order valence-corrected chi connectivity index (χ1v) is 15.6. The number of benzene rings is 2. The molecule has 0 spiro atoms. The molecule has 19 heteroatoms. The molecule has 45 heavy (non-hydrogen) atoms. The Hall–Kier alpha value is -4.07. The summed E-state index contributed by atoms with van der Waals surface area (Å²) in [6.45, 7) is -0.538. The molecule has 1 fully saturated rings. The highest BCUT2D eigenvalue weighted by Gasteiger charge is 2.44. The SMILES string of the molecule is Cn1ncc2c(nc[s+]2N2CCN(S(=O)(=O)c3ccc(C(F)(F)F)cc3)[C@@H](C(=O)NCc3ccc(OC(F)(F)F)cc3)C2)c1=O. The number of nitrogens with one attached hydrogen (secondary N) is 1. The van der Waals surface area contributed by atoms with Gasteiger partial charge in [0.2, 0.25) is 20.6 Å². The summed E-state index contributed by atoms with van der Waals surface area (Å²) in [5, 5.41) is 6.61. The van der Waals surface area contributed by atoms with Gasteiger partial charge in [0, 0.05) is 20.1 Å². The topological polar surface area (TPSA) is 127 Å². The third-order valence-electron chi connectivity index (χ3n) is 6.87. The van der Waals surface area contributed by atoms with Crippen molar-refractivity contribution < 1.29 is 44.3 Å². The van der Waals surface area contributed by atoms with Crippen LogP contribution >= 0.6 is 10.7 Å². The number of amides is 1. The number of hydrogen-bond acceptors (Lipinski definition) is 8. The van der Waals surface area contributed by atoms with E-state index in [1.54, 1.807) is 4.31 Å². The average Bonchev–Trinajstić information content (AvgIpc) is 3.42. The molecule has 2 aromatic carbocycles. The third kappa shape index (κ3) is 6.95. The third-order valence-corrected chi connectivity index (χ3v) is 10.7. The molecule has 3 heterocycles. The number of piperazine rings is 1. The van der Waals surface area contributed by atoms with Gasteiger partial charge in [0.25, 0.3) is 11.1 Å². The van der Waals surface area contributed by atoms with Crippen molar-refractivity contribution in [1.82, 2.24) is 24.4 Å². The Morgan fingerprint density at radius 2 is 1.71 bits per heavy atom. The summed E-state index contributed by atoms with van der Waals surface area (Å²) in [5.74, 6) is -1.24. The van der Waals surface area contributed by atoms with Crippen molar-refractivity contribution in [2.45, 2.75) is 30.0 Å². The van der Waals surface area contributed by atoms with Gasteiger partial charge >= 0.3 is 12.5 Å². The van der Waals surface area contributed by atoms with Crippen molar-refractivity contribution in [2.24, 2.45) is 7.05 Å². The van der Waals surface area contributed by atoms with Gasteiger partial charge in [-0.3, -0.25) is 9.59 Å². The molecule has 2 aromatic heterocycles. The first kappa shape index (κ1) is 32.3. The van der Waals surface area contributed by atoms with Crippen LogP contribution in [0, 0.1) is 0 Å². The molecular formula is C26H23F6N6O5S2+. The van der Waals surface area contributed by atoms with Crippen molar-refractivity contribution >= 4 is 36.8 Å². The summed E-state index contributed by atoms with van der Waals surface area (Å²) in [4.78, 5) is 29.8. The lowest BCUT2D eigenvalue weighted by Crippen LogP contribution is -2.60. The lowest BCUT2D eigenvalue weighted by Gasteiger charge is -2.36. The summed E-state index contributed by atoms with van der Waals surface area (Å²) >= 11 is 0. The normalized spacial score (nSPS) is 17.4. The standard InChI is InChI=1S/C26H22F6N6O5S2/c1-36-24(40)22-21(13-35-36)44(15-34-22)37-10-11-38(45(41,42)19-8-4-17(5-9-19)25(27,28)29)20(14-37)23(39)33-12-16-2-6-18(7-3-16)43-26(30,31)32/h2-9,13,15,20H,10-12,14H2,1H3/p+1/t20-,44?/m1/s1. The summed E-state index contributed by atoms with van der Waals surface area (Å²) in [7, 11) is -3.99. The van der Waals surface area contributed by atoms with Crippen LogP contribution < -0.4 is 19.9 Å². The van der Waals surface area contributed by atoms with Crippen LogP contribution in [0.2, 0.25) is 0 Å². The fourth-order valence-electron chi connectivity index (χ4n) is 4.64. The molecule has 240 valence electrons. The largest absolute Gasteiger partial charge is 0.573 e. The van der Waals surface area contributed by atoms with Gasteiger partial charge in [0.05, 0.1) is 23.5 Å². The molecule has 1 saturated heterocycles. The van der Waals surface area contributed by atoms with E-state index in [4.69, 9.17) is 0 Å². The zero-order valence-corrected chi connectivity index (χ0v) is 24.7. The van der Waals surface area contributed by atoms with Gasteiger partial charge in [0.15, 0.2) is 5.52 Å². The fourth-order valence-corrected chi connectivity index (χ4v) is 8.01. The maximum atomic E-state index is 13.7. The van der Waals surface area contributed by atoms with Gasteiger partial charge in [-0.15, -0.1) is 17.5 Å². The fraction of sp³-hybridized carbons (Fsp3) is 0.308. The van der Waals surface area contributed by atoms with E-state index in [1.807, 2.05) is 0 Å². The predicted octanol–water partition coefficient (Wildman–Crippen LogP) is 3.32. The van der Waals surface area contributed by atoms with Crippen LogP contribution in [0.5, 0.6) is 5.75 Å². The molecule has 11 nitrogen and oxygen atoms in total. The zero-order chi connectivity index (χ0) is 32.7. The van der Waals surface area contributed by atoms with Crippen LogP contribution in [0.3, 0.4) is 0 Å². The number of fused-ring (bicyclic) bond motifs is 1. The molecule has 1 aliphatic rings. The number of aromatic nitrogens is 3. The van der Waals surface area contributed by atoms with E-state index in [1.165, 1.54) is 30.9 Å². The molecular weight excluding hydrogens is 654 g/mol. The number of thiazole rings is 1. The first-order chi connectivity index (χ1) is 21.0. The summed E-state index contributed by atoms with van der Waals surface area (Å²) in [6.07, 6.45) is -8.12. The van der Waals surface area contributed by atoms with Gasteiger partial charge in [0.1, 0.15) is 28.6 Å². The van der Waals surface area contributed by atoms with Crippen molar-refractivity contribution in [2.75, 3.05) is 23.9 Å². The summed E-state index contributed by atoms with van der Waals surface area (Å²) in [5.41, 5.74) is 0.557. The number of carbonyl (C=O) groups excluding carboxylic acids is 1. The molecule has 1 aliphatic heterocycles. The number of ether oxygens (including phenoxy) is 1. The molecule has 1 unspecified atom stereocenters. The Morgan fingerprint density at radius 1 is 1.04 bits per heavy atom. The minimum Gasteiger partial charge on any atom is -0.406 e. The van der Waals surface area contributed by atoms with E-state index in [0.717, 1.165) is 33.3 Å². The molecule has 0 aliphatic carbocycles. The maximum Gasteiger partial charge on any atom is 0.573 e. The van der Waals surface area contributed by atoms with Crippen LogP contribution in [-0.2, 0) is 34.6 Å². The molecule has 5 rings (SSSR count). The molecule has 1 N–H and O–H groups in total. The lowest BCUT2D eigenvalue weighted by molar-refractivity contribution is -0.274. The Morgan fingerprint density at radius 3 is 2.33 bits per heavy atom. The van der Waals surface area contributed by atoms with Crippen molar-refractivity contribution in [3.8, 4) is 5.75 Å². The molecule has 0 saturated carbocycles. The average molecular weight is 678 g/mol. The second kappa shape index (κ2) is 12.0. The van der Waals surface area contributed by atoms with Gasteiger partial charge in [-0.2, -0.15) is 27.6 Å². The predicted molar refractivity (Wildman–Crippen MR) is 149 cm³/mol. The van der Waals surface area contributed by atoms with Crippen molar-refractivity contribution in [3.05, 3.63) is 81.7 Å². The molecule has 0 radical (unpaired) electrons. The van der Waals surface area contributed by atoms with Crippen LogP contribution in [0.4, 0.5) is 26.3 Å². The van der Waals surface area contributed by atoms with Gasteiger partial charge < -0.3 is 10.1 Å². The van der Waals surface area contributed by atoms with Crippen LogP contribution in [0.25, 0.3) is 10.2 Å². The van der Waals surface area contributed by atoms with E-state index >= 15 is 0 Å². The Kier molecular flexibility index (Phi) is 8.64. The molecule has 4 aromatic rings. The highest BCUT2D eigenvalue weighted by molar-refractivity contribution is 7.89. The van der Waals surface area contributed by atoms with E-state index in [-0.39, 0.29) is 31.7 Å². The molecule has 1 amide bonds. The van der Waals surface area contributed by atoms with E-state index < -0.39 is 66.9 Å². The second-order valence-corrected chi connectivity index (χ2v) is 13.5. The number of sulfonamides is 1. The minimum atomic E-state index is -4.89. The number of alkyl halides is 6. The first-order valence-electron chi connectivity index (χ1n) is 12.9. The van der Waals surface area contributed by atoms with E-state index in [0.29, 0.717) is 22.4 Å². The number of halogens is 6. The smallest absolute Gasteiger partial charge is 0.406 e. The Labute approximate surface area is 253 Å². The van der Waals surface area contributed by atoms with E-state index in [9.17, 15) is 44.3 Å². The Bertz CT molecular complexity index is 1880. The number of nitrogens with zero attached hydrogens (tertiary/aromatic N) is 5. The zero-order valence-electron chi connectivity index (χ0n) is 23.0. The Balaban J connectivity index is 1.42. The van der Waals surface area contributed by atoms with Crippen LogP contribution in [-0.4, -0.2) is 65.4 Å². The minimum absolute atomic E-state index is 0.0775. The molecule has 0 bridgehead atoms. The quantitative estimate of drug-likeness (QED) is 0.233. The maximum absolute atomic E-state index is 13.7. The summed E-state index contributed by atoms with van der Waals surface area (Å²) < 4.78 is 112. The lowest BCUT2D eigenvalue weighted by atomic mass is 10.2. The molecule has 2 atom stereocenters. The van der Waals surface area contributed by atoms with E-state index in [2.05, 4.69) is 20.1 Å². The number of carbonyl (C=O) groups is 1. The van der Waals surface area contributed by atoms with Gasteiger partial charge in [-0.05, 0) is 42.0 Å². The van der Waals surface area contributed by atoms with Gasteiger partial charge in [-0.1, -0.05) is 12.1 Å². The summed E-state index contributed by atoms with van der Waals surface area (Å²) in [6, 6.07) is 6.17. The second-order valence-electron chi connectivity index (χ2n) is 9.79.